The highest BCUT2D eigenvalue weighted by Gasteiger charge is 2.51. The first-order valence-electron chi connectivity index (χ1n) is 8.35. The minimum Gasteiger partial charge on any atom is -0.550 e. The second-order valence-corrected chi connectivity index (χ2v) is 6.81. The number of carboxylic acids is 1. The molecule has 1 aromatic carbocycles. The first kappa shape index (κ1) is 17.8. The quantitative estimate of drug-likeness (QED) is 0.624. The van der Waals surface area contributed by atoms with E-state index in [1.54, 1.807) is 32.0 Å². The number of aromatic nitrogens is 2. The Kier molecular flexibility index (Phi) is 4.39. The molecule has 9 heteroatoms. The first-order chi connectivity index (χ1) is 12.3. The van der Waals surface area contributed by atoms with Crippen molar-refractivity contribution in [2.75, 3.05) is 0 Å². The highest BCUT2D eigenvalue weighted by molar-refractivity contribution is 5.81. The normalized spacial score (nSPS) is 26.0. The Morgan fingerprint density at radius 1 is 1.42 bits per heavy atom. The zero-order chi connectivity index (χ0) is 19.1. The van der Waals surface area contributed by atoms with Crippen LogP contribution in [0.25, 0.3) is 11.0 Å². The fourth-order valence-electron chi connectivity index (χ4n) is 4.12. The summed E-state index contributed by atoms with van der Waals surface area (Å²) in [7, 11) is 0. The van der Waals surface area contributed by atoms with Crippen LogP contribution in [0, 0.1) is 16.0 Å². The van der Waals surface area contributed by atoms with Crippen molar-refractivity contribution in [3.05, 3.63) is 45.3 Å². The van der Waals surface area contributed by atoms with Crippen LogP contribution in [-0.4, -0.2) is 26.7 Å². The second kappa shape index (κ2) is 6.40. The number of benzene rings is 1. The Bertz CT molecular complexity index is 905. The van der Waals surface area contributed by atoms with Gasteiger partial charge in [-0.15, -0.1) is 0 Å². The Labute approximate surface area is 149 Å². The lowest BCUT2D eigenvalue weighted by molar-refractivity contribution is -0.435. The van der Waals surface area contributed by atoms with Gasteiger partial charge in [0.25, 0.3) is 5.70 Å². The minimum atomic E-state index is -1.35. The number of rotatable bonds is 5. The third-order valence-electron chi connectivity index (χ3n) is 5.04. The Morgan fingerprint density at radius 2 is 2.15 bits per heavy atom. The van der Waals surface area contributed by atoms with Gasteiger partial charge in [-0.05, 0) is 42.2 Å². The summed E-state index contributed by atoms with van der Waals surface area (Å²) in [5.74, 6) is -3.55. The van der Waals surface area contributed by atoms with Gasteiger partial charge < -0.3 is 15.2 Å². The Morgan fingerprint density at radius 3 is 2.77 bits per heavy atom. The maximum Gasteiger partial charge on any atom is 0.272 e. The number of carboxylic acid groups (broad SMARTS) is 1. The van der Waals surface area contributed by atoms with Crippen LogP contribution in [0.5, 0.6) is 0 Å². The lowest BCUT2D eigenvalue weighted by Crippen LogP contribution is -2.60. The van der Waals surface area contributed by atoms with Gasteiger partial charge in [0, 0.05) is 17.4 Å². The van der Waals surface area contributed by atoms with Crippen molar-refractivity contribution < 1.29 is 19.5 Å². The number of hydrogen-bond acceptors (Lipinski definition) is 8. The van der Waals surface area contributed by atoms with Crippen LogP contribution in [0.4, 0.5) is 0 Å². The summed E-state index contributed by atoms with van der Waals surface area (Å²) in [6, 6.07) is 4.93. The molecule has 26 heavy (non-hydrogen) atoms. The van der Waals surface area contributed by atoms with E-state index in [0.717, 1.165) is 0 Å². The molecular formula is C17H19N4O5-. The van der Waals surface area contributed by atoms with E-state index in [1.165, 1.54) is 0 Å². The van der Waals surface area contributed by atoms with Gasteiger partial charge in [-0.3, -0.25) is 10.1 Å². The van der Waals surface area contributed by atoms with Crippen LogP contribution in [0.1, 0.15) is 45.1 Å². The van der Waals surface area contributed by atoms with E-state index in [0.29, 0.717) is 35.1 Å². The molecule has 3 unspecified atom stereocenters. The van der Waals surface area contributed by atoms with E-state index >= 15 is 0 Å². The Hall–Kier alpha value is -2.97. The van der Waals surface area contributed by atoms with Crippen molar-refractivity contribution in [2.45, 2.75) is 45.1 Å². The standard InChI is InChI=1S/C17H20N4O5/c1-4-8-17(3)13(16(22)23)12(15(21(24)25)9(2)18-17)10-6-5-7-11-14(10)20-26-19-11/h5-7,12-13,18H,4,8H2,1-3H3,(H,22,23)/p-1. The number of nitrogens with zero attached hydrogens (tertiary/aromatic N) is 3. The third kappa shape index (κ3) is 2.69. The molecule has 0 aliphatic carbocycles. The van der Waals surface area contributed by atoms with Gasteiger partial charge in [-0.2, -0.15) is 0 Å². The molecule has 1 aromatic heterocycles. The van der Waals surface area contributed by atoms with Crippen LogP contribution in [0.3, 0.4) is 0 Å². The highest BCUT2D eigenvalue weighted by atomic mass is 16.6. The maximum atomic E-state index is 12.1. The topological polar surface area (TPSA) is 134 Å². The van der Waals surface area contributed by atoms with Crippen LogP contribution in [0.15, 0.2) is 34.2 Å². The molecule has 2 aromatic rings. The zero-order valence-corrected chi connectivity index (χ0v) is 14.7. The average Bonchev–Trinajstić information content (AvgIpc) is 3.01. The Balaban J connectivity index is 2.31. The SMILES string of the molecule is CCCC1(C)NC(C)=C([N+](=O)[O-])C(c2cccc3nonc23)C1C(=O)[O-]. The molecule has 0 radical (unpaired) electrons. The van der Waals surface area contributed by atoms with Crippen molar-refractivity contribution in [2.24, 2.45) is 5.92 Å². The number of aliphatic carboxylic acids is 1. The van der Waals surface area contributed by atoms with Crippen LogP contribution in [-0.2, 0) is 4.79 Å². The number of nitro groups is 1. The van der Waals surface area contributed by atoms with Crippen LogP contribution >= 0.6 is 0 Å². The molecule has 2 heterocycles. The molecule has 1 N–H and O–H groups in total. The van der Waals surface area contributed by atoms with E-state index in [1.807, 2.05) is 6.92 Å². The summed E-state index contributed by atoms with van der Waals surface area (Å²) in [5, 5.41) is 34.6. The molecule has 0 saturated carbocycles. The van der Waals surface area contributed by atoms with Gasteiger partial charge in [-0.1, -0.05) is 25.5 Å². The van der Waals surface area contributed by atoms with E-state index in [2.05, 4.69) is 15.6 Å². The smallest absolute Gasteiger partial charge is 0.272 e. The number of carbonyl (C=O) groups is 1. The van der Waals surface area contributed by atoms with Gasteiger partial charge in [0.1, 0.15) is 11.0 Å². The molecule has 138 valence electrons. The number of nitrogens with one attached hydrogen (secondary N) is 1. The predicted molar refractivity (Wildman–Crippen MR) is 89.2 cm³/mol. The summed E-state index contributed by atoms with van der Waals surface area (Å²) in [4.78, 5) is 23.4. The van der Waals surface area contributed by atoms with Crippen LogP contribution in [0.2, 0.25) is 0 Å². The van der Waals surface area contributed by atoms with Crippen molar-refractivity contribution in [1.29, 1.82) is 0 Å². The van der Waals surface area contributed by atoms with E-state index < -0.39 is 28.3 Å². The summed E-state index contributed by atoms with van der Waals surface area (Å²) in [6.45, 7) is 5.27. The van der Waals surface area contributed by atoms with Crippen molar-refractivity contribution in [3.8, 4) is 0 Å². The summed E-state index contributed by atoms with van der Waals surface area (Å²) in [5.41, 5.74) is 0.353. The molecule has 0 saturated heterocycles. The van der Waals surface area contributed by atoms with Crippen molar-refractivity contribution in [3.63, 3.8) is 0 Å². The minimum absolute atomic E-state index is 0.205. The van der Waals surface area contributed by atoms with Crippen LogP contribution < -0.4 is 10.4 Å². The van der Waals surface area contributed by atoms with E-state index in [4.69, 9.17) is 4.63 Å². The molecule has 0 bridgehead atoms. The van der Waals surface area contributed by atoms with Gasteiger partial charge in [0.15, 0.2) is 0 Å². The lowest BCUT2D eigenvalue weighted by atomic mass is 9.67. The maximum absolute atomic E-state index is 12.1. The molecule has 3 atom stereocenters. The number of hydrogen-bond donors (Lipinski definition) is 1. The molecule has 0 amide bonds. The number of allylic oxidation sites excluding steroid dienone is 2. The summed E-state index contributed by atoms with van der Waals surface area (Å²) in [6.07, 6.45) is 1.22. The predicted octanol–water partition coefficient (Wildman–Crippen LogP) is 1.34. The number of fused-ring (bicyclic) bond motifs is 1. The molecule has 0 spiro atoms. The second-order valence-electron chi connectivity index (χ2n) is 6.81. The third-order valence-corrected chi connectivity index (χ3v) is 5.04. The van der Waals surface area contributed by atoms with Crippen molar-refractivity contribution >= 4 is 17.0 Å². The molecular weight excluding hydrogens is 340 g/mol. The molecule has 9 nitrogen and oxygen atoms in total. The largest absolute Gasteiger partial charge is 0.550 e. The molecule has 1 aliphatic heterocycles. The van der Waals surface area contributed by atoms with E-state index in [9.17, 15) is 20.0 Å². The monoisotopic (exact) mass is 359 g/mol. The van der Waals surface area contributed by atoms with Gasteiger partial charge in [0.05, 0.1) is 16.5 Å². The fraction of sp³-hybridized carbons (Fsp3) is 0.471. The lowest BCUT2D eigenvalue weighted by Gasteiger charge is -2.46. The van der Waals surface area contributed by atoms with Gasteiger partial charge >= 0.3 is 0 Å². The summed E-state index contributed by atoms with van der Waals surface area (Å²) >= 11 is 0. The number of carbonyl (C=O) groups excluding carboxylic acids is 1. The van der Waals surface area contributed by atoms with Gasteiger partial charge in [-0.25, -0.2) is 4.63 Å². The molecule has 0 fully saturated rings. The summed E-state index contributed by atoms with van der Waals surface area (Å²) < 4.78 is 4.75. The first-order valence-corrected chi connectivity index (χ1v) is 8.35. The van der Waals surface area contributed by atoms with Crippen molar-refractivity contribution in [1.82, 2.24) is 15.6 Å². The van der Waals surface area contributed by atoms with E-state index in [-0.39, 0.29) is 5.70 Å². The zero-order valence-electron chi connectivity index (χ0n) is 14.7. The molecule has 3 rings (SSSR count). The van der Waals surface area contributed by atoms with Gasteiger partial charge in [0.2, 0.25) is 0 Å². The highest BCUT2D eigenvalue weighted by Crippen LogP contribution is 2.46. The fourth-order valence-corrected chi connectivity index (χ4v) is 4.12. The molecule has 1 aliphatic rings. The average molecular weight is 359 g/mol.